The van der Waals surface area contributed by atoms with Crippen LogP contribution >= 0.6 is 0 Å². The molecule has 1 aromatic carbocycles. The van der Waals surface area contributed by atoms with Crippen LogP contribution in [0.3, 0.4) is 0 Å². The Morgan fingerprint density at radius 1 is 1.15 bits per heavy atom. The maximum atomic E-state index is 12.7. The molecule has 150 valence electrons. The first-order valence-corrected chi connectivity index (χ1v) is 11.2. The Hall–Kier alpha value is -1.48. The molecule has 2 saturated heterocycles. The fraction of sp³-hybridized carbons (Fsp3) is 0.632. The molecule has 0 aromatic heterocycles. The quantitative estimate of drug-likeness (QED) is 0.703. The Labute approximate surface area is 161 Å². The monoisotopic (exact) mass is 395 g/mol. The maximum Gasteiger partial charge on any atom is 0.254 e. The Balaban J connectivity index is 1.60. The van der Waals surface area contributed by atoms with Crippen molar-refractivity contribution in [1.82, 2.24) is 14.5 Å². The van der Waals surface area contributed by atoms with E-state index in [0.29, 0.717) is 12.1 Å². The number of ether oxygens (including phenoxy) is 1. The van der Waals surface area contributed by atoms with Crippen LogP contribution in [-0.4, -0.2) is 76.6 Å². The van der Waals surface area contributed by atoms with Gasteiger partial charge in [0.05, 0.1) is 18.1 Å². The number of morpholine rings is 1. The zero-order valence-electron chi connectivity index (χ0n) is 15.9. The molecule has 27 heavy (non-hydrogen) atoms. The zero-order chi connectivity index (χ0) is 19.3. The van der Waals surface area contributed by atoms with Crippen molar-refractivity contribution in [2.45, 2.75) is 31.1 Å². The van der Waals surface area contributed by atoms with Crippen LogP contribution in [-0.2, 0) is 14.8 Å². The number of likely N-dealkylation sites (tertiary alicyclic amines) is 1. The second-order valence-corrected chi connectivity index (χ2v) is 8.95. The van der Waals surface area contributed by atoms with Gasteiger partial charge in [-0.2, -0.15) is 0 Å². The summed E-state index contributed by atoms with van der Waals surface area (Å²) in [7, 11) is -3.62. The van der Waals surface area contributed by atoms with Gasteiger partial charge in [-0.1, -0.05) is 6.07 Å². The van der Waals surface area contributed by atoms with Gasteiger partial charge in [-0.05, 0) is 50.4 Å². The van der Waals surface area contributed by atoms with Gasteiger partial charge in [-0.15, -0.1) is 0 Å². The summed E-state index contributed by atoms with van der Waals surface area (Å²) in [4.78, 5) is 16.9. The Bertz CT molecular complexity index is 754. The van der Waals surface area contributed by atoms with E-state index in [9.17, 15) is 13.2 Å². The minimum Gasteiger partial charge on any atom is -0.379 e. The first-order chi connectivity index (χ1) is 13.0. The van der Waals surface area contributed by atoms with E-state index in [2.05, 4.69) is 9.62 Å². The van der Waals surface area contributed by atoms with Crippen LogP contribution < -0.4 is 4.72 Å². The molecule has 0 saturated carbocycles. The van der Waals surface area contributed by atoms with Crippen LogP contribution in [0, 0.1) is 6.92 Å². The van der Waals surface area contributed by atoms with Crippen LogP contribution in [0.4, 0.5) is 0 Å². The minimum absolute atomic E-state index is 0.0747. The second-order valence-electron chi connectivity index (χ2n) is 7.18. The molecule has 0 atom stereocenters. The summed E-state index contributed by atoms with van der Waals surface area (Å²) < 4.78 is 33.2. The van der Waals surface area contributed by atoms with Gasteiger partial charge in [0.2, 0.25) is 10.0 Å². The predicted octanol–water partition coefficient (Wildman–Crippen LogP) is 1.23. The maximum absolute atomic E-state index is 12.7. The number of sulfonamides is 1. The van der Waals surface area contributed by atoms with Crippen LogP contribution in [0.1, 0.15) is 35.2 Å². The molecule has 2 fully saturated rings. The van der Waals surface area contributed by atoms with Crippen molar-refractivity contribution in [3.63, 3.8) is 0 Å². The predicted molar refractivity (Wildman–Crippen MR) is 103 cm³/mol. The largest absolute Gasteiger partial charge is 0.379 e. The fourth-order valence-electron chi connectivity index (χ4n) is 3.51. The highest BCUT2D eigenvalue weighted by Crippen LogP contribution is 2.20. The van der Waals surface area contributed by atoms with Crippen LogP contribution in [0.5, 0.6) is 0 Å². The molecule has 1 aromatic rings. The van der Waals surface area contributed by atoms with Crippen LogP contribution in [0.2, 0.25) is 0 Å². The van der Waals surface area contributed by atoms with Gasteiger partial charge in [0.15, 0.2) is 0 Å². The third kappa shape index (κ3) is 5.28. The number of carbonyl (C=O) groups excluding carboxylic acids is 1. The topological polar surface area (TPSA) is 79.0 Å². The average Bonchev–Trinajstić information content (AvgIpc) is 3.20. The number of nitrogens with one attached hydrogen (secondary N) is 1. The molecule has 1 N–H and O–H groups in total. The van der Waals surface area contributed by atoms with Gasteiger partial charge in [0.1, 0.15) is 0 Å². The van der Waals surface area contributed by atoms with Gasteiger partial charge in [0, 0.05) is 38.3 Å². The lowest BCUT2D eigenvalue weighted by Gasteiger charge is -2.26. The van der Waals surface area contributed by atoms with E-state index < -0.39 is 10.0 Å². The number of amides is 1. The van der Waals surface area contributed by atoms with Gasteiger partial charge in [0.25, 0.3) is 5.91 Å². The molecule has 1 amide bonds. The molecule has 0 unspecified atom stereocenters. The summed E-state index contributed by atoms with van der Waals surface area (Å²) in [6.45, 7) is 7.83. The lowest BCUT2D eigenvalue weighted by molar-refractivity contribution is 0.0376. The molecule has 0 radical (unpaired) electrons. The lowest BCUT2D eigenvalue weighted by Crippen LogP contribution is -2.38. The highest BCUT2D eigenvalue weighted by molar-refractivity contribution is 7.89. The van der Waals surface area contributed by atoms with E-state index in [1.54, 1.807) is 17.0 Å². The molecule has 2 aliphatic heterocycles. The van der Waals surface area contributed by atoms with E-state index in [-0.39, 0.29) is 10.8 Å². The van der Waals surface area contributed by atoms with E-state index >= 15 is 0 Å². The van der Waals surface area contributed by atoms with Gasteiger partial charge in [-0.3, -0.25) is 9.69 Å². The number of carbonyl (C=O) groups is 1. The first kappa shape index (κ1) is 20.3. The summed E-state index contributed by atoms with van der Waals surface area (Å²) >= 11 is 0. The van der Waals surface area contributed by atoms with Crippen molar-refractivity contribution in [2.24, 2.45) is 0 Å². The SMILES string of the molecule is Cc1ccc(S(=O)(=O)NCCCN2CCOCC2)cc1C(=O)N1CCCC1. The van der Waals surface area contributed by atoms with Gasteiger partial charge in [-0.25, -0.2) is 13.1 Å². The van der Waals surface area contributed by atoms with Gasteiger partial charge >= 0.3 is 0 Å². The Kier molecular flexibility index (Phi) is 6.86. The summed E-state index contributed by atoms with van der Waals surface area (Å²) in [5, 5.41) is 0. The summed E-state index contributed by atoms with van der Waals surface area (Å²) in [6, 6.07) is 4.80. The number of nitrogens with zero attached hydrogens (tertiary/aromatic N) is 2. The number of hydrogen-bond donors (Lipinski definition) is 1. The highest BCUT2D eigenvalue weighted by Gasteiger charge is 2.23. The standard InChI is InChI=1S/C19H29N3O4S/c1-16-5-6-17(15-18(16)19(23)22-9-2-3-10-22)27(24,25)20-7-4-8-21-11-13-26-14-12-21/h5-6,15,20H,2-4,7-14H2,1H3. The van der Waals surface area contributed by atoms with Crippen LogP contribution in [0.15, 0.2) is 23.1 Å². The van der Waals surface area contributed by atoms with Crippen molar-refractivity contribution in [1.29, 1.82) is 0 Å². The fourth-order valence-corrected chi connectivity index (χ4v) is 4.61. The van der Waals surface area contributed by atoms with Crippen molar-refractivity contribution >= 4 is 15.9 Å². The van der Waals surface area contributed by atoms with Crippen molar-refractivity contribution in [2.75, 3.05) is 52.5 Å². The van der Waals surface area contributed by atoms with Crippen molar-refractivity contribution in [3.8, 4) is 0 Å². The van der Waals surface area contributed by atoms with Crippen LogP contribution in [0.25, 0.3) is 0 Å². The molecule has 7 nitrogen and oxygen atoms in total. The molecule has 3 rings (SSSR count). The molecular weight excluding hydrogens is 366 g/mol. The third-order valence-electron chi connectivity index (χ3n) is 5.19. The molecular formula is C19H29N3O4S. The number of aryl methyl sites for hydroxylation is 1. The number of rotatable bonds is 7. The normalized spacial score (nSPS) is 18.8. The summed E-state index contributed by atoms with van der Waals surface area (Å²) in [5.41, 5.74) is 1.28. The second kappa shape index (κ2) is 9.14. The zero-order valence-corrected chi connectivity index (χ0v) is 16.8. The van der Waals surface area contributed by atoms with Crippen molar-refractivity contribution < 1.29 is 17.9 Å². The molecule has 0 aliphatic carbocycles. The molecule has 8 heteroatoms. The highest BCUT2D eigenvalue weighted by atomic mass is 32.2. The first-order valence-electron chi connectivity index (χ1n) is 9.67. The Morgan fingerprint density at radius 3 is 2.56 bits per heavy atom. The van der Waals surface area contributed by atoms with Gasteiger partial charge < -0.3 is 9.64 Å². The summed E-state index contributed by atoms with van der Waals surface area (Å²) in [5.74, 6) is -0.0747. The third-order valence-corrected chi connectivity index (χ3v) is 6.65. The minimum atomic E-state index is -3.62. The molecule has 2 heterocycles. The van der Waals surface area contributed by atoms with E-state index in [1.807, 2.05) is 6.92 Å². The summed E-state index contributed by atoms with van der Waals surface area (Å²) in [6.07, 6.45) is 2.76. The van der Waals surface area contributed by atoms with E-state index in [1.165, 1.54) is 6.07 Å². The van der Waals surface area contributed by atoms with E-state index in [0.717, 1.165) is 70.8 Å². The number of benzene rings is 1. The smallest absolute Gasteiger partial charge is 0.254 e. The molecule has 0 bridgehead atoms. The van der Waals surface area contributed by atoms with Crippen molar-refractivity contribution in [3.05, 3.63) is 29.3 Å². The van der Waals surface area contributed by atoms with E-state index in [4.69, 9.17) is 4.74 Å². The lowest BCUT2D eigenvalue weighted by atomic mass is 10.1. The Morgan fingerprint density at radius 2 is 1.85 bits per heavy atom. The molecule has 0 spiro atoms. The average molecular weight is 396 g/mol. The molecule has 2 aliphatic rings. The number of hydrogen-bond acceptors (Lipinski definition) is 5.